The Morgan fingerprint density at radius 3 is 3.00 bits per heavy atom. The molecule has 2 rings (SSSR count). The first-order chi connectivity index (χ1) is 4.90. The van der Waals surface area contributed by atoms with Gasteiger partial charge in [-0.05, 0) is 25.2 Å². The van der Waals surface area contributed by atoms with Crippen LogP contribution in [0.5, 0.6) is 0 Å². The van der Waals surface area contributed by atoms with E-state index in [1.165, 1.54) is 0 Å². The molecule has 2 fully saturated rings. The van der Waals surface area contributed by atoms with E-state index in [1.54, 1.807) is 0 Å². The van der Waals surface area contributed by atoms with Crippen molar-refractivity contribution in [2.24, 2.45) is 5.92 Å². The first kappa shape index (κ1) is 6.35. The summed E-state index contributed by atoms with van der Waals surface area (Å²) in [5.74, 6) is 0.571. The molecule has 1 aliphatic carbocycles. The number of hydrogen-bond acceptors (Lipinski definition) is 2. The van der Waals surface area contributed by atoms with Crippen molar-refractivity contribution in [2.45, 2.75) is 37.9 Å². The van der Waals surface area contributed by atoms with Crippen LogP contribution in [0.1, 0.15) is 25.7 Å². The van der Waals surface area contributed by atoms with E-state index in [1.807, 2.05) is 6.29 Å². The number of ether oxygens (including phenoxy) is 1. The lowest BCUT2D eigenvalue weighted by atomic mass is 9.87. The molecule has 1 saturated heterocycles. The van der Waals surface area contributed by atoms with Crippen LogP contribution < -0.4 is 0 Å². The van der Waals surface area contributed by atoms with Crippen LogP contribution in [0, 0.1) is 5.92 Å². The van der Waals surface area contributed by atoms with Crippen LogP contribution in [-0.4, -0.2) is 18.5 Å². The topological polar surface area (TPSA) is 29.6 Å². The summed E-state index contributed by atoms with van der Waals surface area (Å²) in [5, 5.41) is 0. The molecule has 0 spiro atoms. The molecule has 3 atom stereocenters. The lowest BCUT2D eigenvalue weighted by molar-refractivity contribution is 0.362. The average molecular weight is 139 g/mol. The van der Waals surface area contributed by atoms with Gasteiger partial charge in [0, 0.05) is 6.42 Å². The molecule has 2 heteroatoms. The maximum atomic E-state index is 10.0. The van der Waals surface area contributed by atoms with E-state index in [9.17, 15) is 4.79 Å². The molecule has 3 unspecified atom stereocenters. The molecule has 10 heavy (non-hydrogen) atoms. The summed E-state index contributed by atoms with van der Waals surface area (Å²) in [7, 11) is 0. The molecular formula is C8H11O2. The molecule has 2 nitrogen and oxygen atoms in total. The van der Waals surface area contributed by atoms with E-state index in [4.69, 9.17) is 4.74 Å². The van der Waals surface area contributed by atoms with Crippen molar-refractivity contribution >= 4 is 6.29 Å². The largest absolute Gasteiger partial charge is 0.370 e. The van der Waals surface area contributed by atoms with Gasteiger partial charge in [0.25, 0.3) is 0 Å². The van der Waals surface area contributed by atoms with Crippen LogP contribution in [0.25, 0.3) is 0 Å². The van der Waals surface area contributed by atoms with E-state index in [0.717, 1.165) is 19.3 Å². The molecule has 0 N–H and O–H groups in total. The lowest BCUT2D eigenvalue weighted by Crippen LogP contribution is -2.13. The van der Waals surface area contributed by atoms with Crippen molar-refractivity contribution in [3.05, 3.63) is 0 Å². The monoisotopic (exact) mass is 139 g/mol. The van der Waals surface area contributed by atoms with E-state index >= 15 is 0 Å². The smallest absolute Gasteiger partial charge is 0.198 e. The van der Waals surface area contributed by atoms with Gasteiger partial charge in [0.1, 0.15) is 0 Å². The minimum absolute atomic E-state index is 0.507. The lowest BCUT2D eigenvalue weighted by Gasteiger charge is -2.14. The Hall–Kier alpha value is -0.370. The van der Waals surface area contributed by atoms with E-state index in [2.05, 4.69) is 0 Å². The minimum Gasteiger partial charge on any atom is -0.370 e. The predicted octanol–water partition coefficient (Wildman–Crippen LogP) is 1.05. The van der Waals surface area contributed by atoms with Crippen molar-refractivity contribution in [2.75, 3.05) is 0 Å². The number of rotatable bonds is 2. The number of hydrogen-bond donors (Lipinski definition) is 0. The third-order valence-corrected chi connectivity index (χ3v) is 2.48. The van der Waals surface area contributed by atoms with Crippen LogP contribution in [0.3, 0.4) is 0 Å². The van der Waals surface area contributed by atoms with Crippen LogP contribution in [-0.2, 0) is 9.53 Å². The zero-order valence-electron chi connectivity index (χ0n) is 5.88. The third-order valence-electron chi connectivity index (χ3n) is 2.48. The van der Waals surface area contributed by atoms with Gasteiger partial charge in [-0.3, -0.25) is 4.79 Å². The van der Waals surface area contributed by atoms with Crippen molar-refractivity contribution in [3.63, 3.8) is 0 Å². The summed E-state index contributed by atoms with van der Waals surface area (Å²) in [6.07, 6.45) is 7.08. The summed E-state index contributed by atoms with van der Waals surface area (Å²) in [5.41, 5.74) is 0. The average Bonchev–Trinajstić information content (AvgIpc) is 2.66. The molecule has 0 aromatic heterocycles. The highest BCUT2D eigenvalue weighted by atomic mass is 16.6. The molecule has 1 aliphatic heterocycles. The zero-order chi connectivity index (χ0) is 6.97. The second-order valence-corrected chi connectivity index (χ2v) is 3.24. The van der Waals surface area contributed by atoms with E-state index in [-0.39, 0.29) is 0 Å². The van der Waals surface area contributed by atoms with Gasteiger partial charge in [-0.15, -0.1) is 0 Å². The van der Waals surface area contributed by atoms with Crippen molar-refractivity contribution < 1.29 is 9.53 Å². The SMILES string of the molecule is O=[C]CC1CCC2OC2C1. The Labute approximate surface area is 60.6 Å². The second kappa shape index (κ2) is 2.35. The van der Waals surface area contributed by atoms with Crippen molar-refractivity contribution in [1.29, 1.82) is 0 Å². The molecule has 0 aromatic carbocycles. The number of epoxide rings is 1. The van der Waals surface area contributed by atoms with Gasteiger partial charge >= 0.3 is 0 Å². The fourth-order valence-electron chi connectivity index (χ4n) is 1.79. The van der Waals surface area contributed by atoms with Gasteiger partial charge in [-0.1, -0.05) is 0 Å². The number of fused-ring (bicyclic) bond motifs is 1. The fraction of sp³-hybridized carbons (Fsp3) is 0.875. The Balaban J connectivity index is 1.82. The molecular weight excluding hydrogens is 128 g/mol. The van der Waals surface area contributed by atoms with Gasteiger partial charge in [-0.25, -0.2) is 0 Å². The third kappa shape index (κ3) is 1.08. The van der Waals surface area contributed by atoms with Gasteiger partial charge in [-0.2, -0.15) is 0 Å². The molecule has 0 amide bonds. The van der Waals surface area contributed by atoms with Crippen molar-refractivity contribution in [3.8, 4) is 0 Å². The van der Waals surface area contributed by atoms with Crippen LogP contribution >= 0.6 is 0 Å². The Kier molecular flexibility index (Phi) is 1.49. The van der Waals surface area contributed by atoms with Crippen LogP contribution in [0.4, 0.5) is 0 Å². The highest BCUT2D eigenvalue weighted by Crippen LogP contribution is 2.40. The van der Waals surface area contributed by atoms with Crippen molar-refractivity contribution in [1.82, 2.24) is 0 Å². The summed E-state index contributed by atoms with van der Waals surface area (Å²) in [4.78, 5) is 10.0. The predicted molar refractivity (Wildman–Crippen MR) is 36.3 cm³/mol. The molecule has 1 radical (unpaired) electrons. The van der Waals surface area contributed by atoms with Crippen LogP contribution in [0.15, 0.2) is 0 Å². The standard InChI is InChI=1S/C8H11O2/c9-4-3-6-1-2-7-8(5-6)10-7/h6-8H,1-3,5H2. The van der Waals surface area contributed by atoms with Gasteiger partial charge in [0.15, 0.2) is 6.29 Å². The maximum absolute atomic E-state index is 10.0. The molecule has 1 heterocycles. The Bertz CT molecular complexity index is 144. The highest BCUT2D eigenvalue weighted by molar-refractivity contribution is 5.50. The Morgan fingerprint density at radius 1 is 1.40 bits per heavy atom. The van der Waals surface area contributed by atoms with E-state index in [0.29, 0.717) is 24.5 Å². The van der Waals surface area contributed by atoms with E-state index < -0.39 is 0 Å². The molecule has 1 saturated carbocycles. The molecule has 0 aromatic rings. The molecule has 2 aliphatic rings. The fourth-order valence-corrected chi connectivity index (χ4v) is 1.79. The zero-order valence-corrected chi connectivity index (χ0v) is 5.88. The Morgan fingerprint density at radius 2 is 2.30 bits per heavy atom. The first-order valence-corrected chi connectivity index (χ1v) is 3.90. The first-order valence-electron chi connectivity index (χ1n) is 3.90. The quantitative estimate of drug-likeness (QED) is 0.535. The highest BCUT2D eigenvalue weighted by Gasteiger charge is 2.43. The number of carbonyl (C=O) groups excluding carboxylic acids is 1. The maximum Gasteiger partial charge on any atom is 0.198 e. The summed E-state index contributed by atoms with van der Waals surface area (Å²) in [6.45, 7) is 0. The van der Waals surface area contributed by atoms with Gasteiger partial charge in [0.05, 0.1) is 12.2 Å². The molecule has 0 bridgehead atoms. The summed E-state index contributed by atoms with van der Waals surface area (Å²) < 4.78 is 5.32. The van der Waals surface area contributed by atoms with Crippen LogP contribution in [0.2, 0.25) is 0 Å². The van der Waals surface area contributed by atoms with Gasteiger partial charge in [0.2, 0.25) is 0 Å². The summed E-state index contributed by atoms with van der Waals surface area (Å²) in [6, 6.07) is 0. The normalized spacial score (nSPS) is 44.2. The summed E-state index contributed by atoms with van der Waals surface area (Å²) >= 11 is 0. The van der Waals surface area contributed by atoms with Gasteiger partial charge < -0.3 is 4.74 Å². The second-order valence-electron chi connectivity index (χ2n) is 3.24. The molecule has 55 valence electrons. The minimum atomic E-state index is 0.507.